The number of nitrogens with zero attached hydrogens (tertiary/aromatic N) is 4. The van der Waals surface area contributed by atoms with Gasteiger partial charge >= 0.3 is 18.3 Å². The van der Waals surface area contributed by atoms with Gasteiger partial charge in [0.1, 0.15) is 11.4 Å². The van der Waals surface area contributed by atoms with Gasteiger partial charge in [-0.05, 0) is 48.4 Å². The van der Waals surface area contributed by atoms with Crippen molar-refractivity contribution in [2.45, 2.75) is 38.4 Å². The maximum Gasteiger partial charge on any atom is 0.436 e. The van der Waals surface area contributed by atoms with Crippen LogP contribution in [-0.2, 0) is 25.4 Å². The summed E-state index contributed by atoms with van der Waals surface area (Å²) in [5.74, 6) is -2.39. The van der Waals surface area contributed by atoms with E-state index in [0.717, 1.165) is 16.8 Å². The number of fused-ring (bicyclic) bond motifs is 1. The van der Waals surface area contributed by atoms with E-state index < -0.39 is 47.1 Å². The first-order valence-electron chi connectivity index (χ1n) is 12.0. The number of nitrogens with one attached hydrogen (secondary N) is 1. The zero-order valence-corrected chi connectivity index (χ0v) is 21.6. The molecular formula is C26H25F6N5O3. The maximum absolute atomic E-state index is 14.0. The molecule has 1 aliphatic heterocycles. The summed E-state index contributed by atoms with van der Waals surface area (Å²) in [5, 5.41) is 15.2. The molecule has 2 aromatic carbocycles. The lowest BCUT2D eigenvalue weighted by Crippen LogP contribution is -2.31. The second kappa shape index (κ2) is 10.4. The summed E-state index contributed by atoms with van der Waals surface area (Å²) in [5.41, 5.74) is -2.14. The van der Waals surface area contributed by atoms with Crippen LogP contribution in [0.15, 0.2) is 42.5 Å². The lowest BCUT2D eigenvalue weighted by molar-refractivity contribution is -0.142. The van der Waals surface area contributed by atoms with Crippen molar-refractivity contribution in [3.63, 3.8) is 0 Å². The van der Waals surface area contributed by atoms with Crippen molar-refractivity contribution in [3.05, 3.63) is 76.0 Å². The lowest BCUT2D eigenvalue weighted by atomic mass is 10.0. The molecule has 0 saturated carbocycles. The van der Waals surface area contributed by atoms with E-state index in [4.69, 9.17) is 5.11 Å². The van der Waals surface area contributed by atoms with Crippen LogP contribution in [0.3, 0.4) is 0 Å². The first-order chi connectivity index (χ1) is 18.6. The van der Waals surface area contributed by atoms with Gasteiger partial charge < -0.3 is 20.2 Å². The van der Waals surface area contributed by atoms with Crippen LogP contribution in [0.2, 0.25) is 0 Å². The normalized spacial score (nSPS) is 14.2. The molecule has 4 rings (SSSR count). The monoisotopic (exact) mass is 569 g/mol. The average molecular weight is 570 g/mol. The van der Waals surface area contributed by atoms with E-state index in [1.54, 1.807) is 14.1 Å². The van der Waals surface area contributed by atoms with Crippen molar-refractivity contribution in [1.29, 1.82) is 0 Å². The summed E-state index contributed by atoms with van der Waals surface area (Å²) < 4.78 is 83.5. The number of alkyl halides is 6. The maximum atomic E-state index is 14.0. The van der Waals surface area contributed by atoms with Gasteiger partial charge in [-0.3, -0.25) is 4.79 Å². The summed E-state index contributed by atoms with van der Waals surface area (Å²) in [6.45, 7) is 1.45. The van der Waals surface area contributed by atoms with Gasteiger partial charge in [-0.25, -0.2) is 9.48 Å². The van der Waals surface area contributed by atoms with Crippen LogP contribution >= 0.6 is 0 Å². The molecule has 0 saturated heterocycles. The summed E-state index contributed by atoms with van der Waals surface area (Å²) in [4.78, 5) is 27.3. The minimum absolute atomic E-state index is 0.00116. The van der Waals surface area contributed by atoms with Crippen LogP contribution in [0.1, 0.15) is 56.1 Å². The van der Waals surface area contributed by atoms with Gasteiger partial charge in [-0.2, -0.15) is 31.4 Å². The molecule has 0 aliphatic carbocycles. The Morgan fingerprint density at radius 2 is 1.68 bits per heavy atom. The van der Waals surface area contributed by atoms with Crippen LogP contribution < -0.4 is 15.1 Å². The summed E-state index contributed by atoms with van der Waals surface area (Å²) in [6, 6.07) is 8.08. The Hall–Kier alpha value is -4.23. The fourth-order valence-electron chi connectivity index (χ4n) is 4.49. The van der Waals surface area contributed by atoms with Crippen LogP contribution in [0.5, 0.6) is 0 Å². The van der Waals surface area contributed by atoms with Gasteiger partial charge in [0.15, 0.2) is 5.69 Å². The Labute approximate surface area is 224 Å². The van der Waals surface area contributed by atoms with Gasteiger partial charge in [-0.1, -0.05) is 12.1 Å². The Morgan fingerprint density at radius 3 is 2.23 bits per heavy atom. The van der Waals surface area contributed by atoms with Gasteiger partial charge in [0.05, 0.1) is 23.7 Å². The summed E-state index contributed by atoms with van der Waals surface area (Å²) in [6.07, 6.45) is -9.61. The second-order valence-corrected chi connectivity index (χ2v) is 9.59. The van der Waals surface area contributed by atoms with Crippen molar-refractivity contribution in [3.8, 4) is 0 Å². The van der Waals surface area contributed by atoms with Crippen molar-refractivity contribution in [2.75, 3.05) is 30.4 Å². The topological polar surface area (TPSA) is 90.7 Å². The van der Waals surface area contributed by atoms with Crippen molar-refractivity contribution in [1.82, 2.24) is 15.1 Å². The molecule has 14 heteroatoms. The number of hydrogen-bond acceptors (Lipinski definition) is 5. The number of hydrogen-bond donors (Lipinski definition) is 2. The first-order valence-corrected chi connectivity index (χ1v) is 12.0. The Balaban J connectivity index is 1.69. The summed E-state index contributed by atoms with van der Waals surface area (Å²) >= 11 is 0. The molecule has 1 aliphatic rings. The predicted molar refractivity (Wildman–Crippen MR) is 133 cm³/mol. The minimum atomic E-state index is -4.98. The Morgan fingerprint density at radius 1 is 1.02 bits per heavy atom. The molecule has 2 N–H and O–H groups in total. The lowest BCUT2D eigenvalue weighted by Gasteiger charge is -2.23. The number of amides is 1. The molecule has 0 unspecified atom stereocenters. The molecular weight excluding hydrogens is 544 g/mol. The molecule has 1 aromatic heterocycles. The third-order valence-corrected chi connectivity index (χ3v) is 6.50. The van der Waals surface area contributed by atoms with Crippen LogP contribution in [0.25, 0.3) is 0 Å². The zero-order chi connectivity index (χ0) is 29.6. The standard InChI is InChI=1S/C26H25F6N5O3/c1-14(16-4-6-17(7-5-16)24(39)40)33-22(38)20-21(26(30,31)32)34-37-9-8-36(23(20)37)13-15-10-18(25(27,28)29)12-19(11-15)35(2)3/h4-7,10-12,14H,8-9,13H2,1-3H3,(H,33,38)(H,39,40)/t14-/m0/s1. The molecule has 8 nitrogen and oxygen atoms in total. The predicted octanol–water partition coefficient (Wildman–Crippen LogP) is 5.20. The largest absolute Gasteiger partial charge is 0.478 e. The number of aromatic carboxylic acids is 1. The second-order valence-electron chi connectivity index (χ2n) is 9.59. The zero-order valence-electron chi connectivity index (χ0n) is 21.6. The molecule has 0 radical (unpaired) electrons. The Kier molecular flexibility index (Phi) is 7.47. The fraction of sp³-hybridized carbons (Fsp3) is 0.346. The smallest absolute Gasteiger partial charge is 0.436 e. The third kappa shape index (κ3) is 5.84. The number of carboxylic acids is 1. The van der Waals surface area contributed by atoms with E-state index in [9.17, 15) is 35.9 Å². The summed E-state index contributed by atoms with van der Waals surface area (Å²) in [7, 11) is 3.14. The number of halogens is 6. The van der Waals surface area contributed by atoms with E-state index in [0.29, 0.717) is 5.56 Å². The van der Waals surface area contributed by atoms with Crippen molar-refractivity contribution in [2.24, 2.45) is 0 Å². The van der Waals surface area contributed by atoms with Gasteiger partial charge in [-0.15, -0.1) is 0 Å². The molecule has 2 heterocycles. The number of carbonyl (C=O) groups is 2. The average Bonchev–Trinajstić information content (AvgIpc) is 3.43. The number of carbonyl (C=O) groups excluding carboxylic acids is 1. The molecule has 3 aromatic rings. The van der Waals surface area contributed by atoms with Gasteiger partial charge in [0.2, 0.25) is 0 Å². The SMILES string of the molecule is C[C@H](NC(=O)c1c(C(F)(F)F)nn2c1N(Cc1cc(N(C)C)cc(C(F)(F)F)c1)CC2)c1ccc(C(=O)O)cc1. The van der Waals surface area contributed by atoms with E-state index in [1.165, 1.54) is 47.1 Å². The van der Waals surface area contributed by atoms with E-state index in [-0.39, 0.29) is 42.3 Å². The molecule has 214 valence electrons. The van der Waals surface area contributed by atoms with Gasteiger partial charge in [0.25, 0.3) is 5.91 Å². The van der Waals surface area contributed by atoms with E-state index in [1.807, 2.05) is 0 Å². The van der Waals surface area contributed by atoms with E-state index >= 15 is 0 Å². The molecule has 1 amide bonds. The highest BCUT2D eigenvalue weighted by Crippen LogP contribution is 2.39. The van der Waals surface area contributed by atoms with Gasteiger partial charge in [0, 0.05) is 32.9 Å². The highest BCUT2D eigenvalue weighted by Gasteiger charge is 2.44. The first kappa shape index (κ1) is 28.8. The minimum Gasteiger partial charge on any atom is -0.478 e. The highest BCUT2D eigenvalue weighted by atomic mass is 19.4. The van der Waals surface area contributed by atoms with Crippen molar-refractivity contribution >= 4 is 23.4 Å². The molecule has 0 fully saturated rings. The van der Waals surface area contributed by atoms with E-state index in [2.05, 4.69) is 10.4 Å². The van der Waals surface area contributed by atoms with Crippen molar-refractivity contribution < 1.29 is 41.0 Å². The molecule has 1 atom stereocenters. The fourth-order valence-corrected chi connectivity index (χ4v) is 4.49. The quantitative estimate of drug-likeness (QED) is 0.381. The van der Waals surface area contributed by atoms with Crippen LogP contribution in [0, 0.1) is 0 Å². The molecule has 0 bridgehead atoms. The highest BCUT2D eigenvalue weighted by molar-refractivity contribution is 6.01. The number of carboxylic acid groups (broad SMARTS) is 1. The Bertz CT molecular complexity index is 1430. The molecule has 0 spiro atoms. The van der Waals surface area contributed by atoms with Crippen LogP contribution in [-0.4, -0.2) is 47.4 Å². The number of benzene rings is 2. The number of aromatic nitrogens is 2. The molecule has 40 heavy (non-hydrogen) atoms. The third-order valence-electron chi connectivity index (χ3n) is 6.50. The number of rotatable bonds is 7. The number of anilines is 2. The van der Waals surface area contributed by atoms with Crippen LogP contribution in [0.4, 0.5) is 37.8 Å².